The van der Waals surface area contributed by atoms with Crippen molar-refractivity contribution < 1.29 is 4.79 Å². The molecule has 1 fully saturated rings. The Morgan fingerprint density at radius 2 is 1.65 bits per heavy atom. The highest BCUT2D eigenvalue weighted by Crippen LogP contribution is 2.42. The van der Waals surface area contributed by atoms with Gasteiger partial charge in [-0.15, -0.1) is 0 Å². The van der Waals surface area contributed by atoms with Gasteiger partial charge in [-0.05, 0) is 100 Å². The highest BCUT2D eigenvalue weighted by atomic mass is 32.1. The van der Waals surface area contributed by atoms with E-state index in [-0.39, 0.29) is 18.0 Å². The normalized spacial score (nSPS) is 16.8. The van der Waals surface area contributed by atoms with Gasteiger partial charge < -0.3 is 20.1 Å². The molecule has 40 heavy (non-hydrogen) atoms. The first kappa shape index (κ1) is 27.6. The summed E-state index contributed by atoms with van der Waals surface area (Å²) >= 11 is 5.88. The number of hydrogen-bond acceptors (Lipinski definition) is 3. The molecule has 0 radical (unpaired) electrons. The van der Waals surface area contributed by atoms with Crippen LogP contribution in [-0.4, -0.2) is 32.0 Å². The van der Waals surface area contributed by atoms with E-state index in [2.05, 4.69) is 77.9 Å². The Labute approximate surface area is 242 Å². The first-order valence-electron chi connectivity index (χ1n) is 13.8. The molecule has 0 bridgehead atoms. The third kappa shape index (κ3) is 5.26. The Morgan fingerprint density at radius 1 is 0.950 bits per heavy atom. The van der Waals surface area contributed by atoms with Gasteiger partial charge >= 0.3 is 0 Å². The number of anilines is 1. The Balaban J connectivity index is 1.51. The molecule has 4 aromatic rings. The van der Waals surface area contributed by atoms with Gasteiger partial charge in [-0.1, -0.05) is 42.0 Å². The van der Waals surface area contributed by atoms with E-state index in [0.29, 0.717) is 18.1 Å². The molecule has 0 unspecified atom stereocenters. The highest BCUT2D eigenvalue weighted by Gasteiger charge is 2.41. The fourth-order valence-corrected chi connectivity index (χ4v) is 6.42. The van der Waals surface area contributed by atoms with Crippen molar-refractivity contribution in [3.63, 3.8) is 0 Å². The molecule has 0 saturated carbocycles. The summed E-state index contributed by atoms with van der Waals surface area (Å²) in [4.78, 5) is 19.9. The summed E-state index contributed by atoms with van der Waals surface area (Å²) in [5.74, 6) is -0.0338. The number of amides is 1. The number of para-hydroxylation sites is 1. The van der Waals surface area contributed by atoms with Crippen molar-refractivity contribution in [2.75, 3.05) is 11.9 Å². The third-order valence-electron chi connectivity index (χ3n) is 7.84. The Bertz CT molecular complexity index is 1550. The van der Waals surface area contributed by atoms with Crippen LogP contribution in [0, 0.1) is 41.5 Å². The molecule has 0 spiro atoms. The predicted octanol–water partition coefficient (Wildman–Crippen LogP) is 6.72. The molecule has 1 aliphatic heterocycles. The molecule has 2 atom stereocenters. The first-order chi connectivity index (χ1) is 19.2. The number of pyridine rings is 1. The average Bonchev–Trinajstić information content (AvgIpc) is 3.39. The summed E-state index contributed by atoms with van der Waals surface area (Å²) in [7, 11) is 0. The van der Waals surface area contributed by atoms with Gasteiger partial charge in [0.2, 0.25) is 5.91 Å². The van der Waals surface area contributed by atoms with Gasteiger partial charge in [0.15, 0.2) is 5.11 Å². The number of nitrogens with zero attached hydrogens (tertiary/aromatic N) is 3. The third-order valence-corrected chi connectivity index (χ3v) is 8.20. The molecular formula is C33H37N5OS. The van der Waals surface area contributed by atoms with E-state index in [9.17, 15) is 4.79 Å². The van der Waals surface area contributed by atoms with E-state index >= 15 is 0 Å². The zero-order chi connectivity index (χ0) is 28.6. The standard InChI is InChI=1S/C33H37N5OS/c1-20-17-22(3)31(23(4)18-20)38-24(5)19-26(25(38)6)32-30(28-13-9-10-15-34-28)36-33(40)37(32)16-14-29(39)35-27-12-8-7-11-21(27)2/h7-13,15,17-19,30,32H,14,16H2,1-6H3,(H,35,39)(H,36,40)/t30-,32-/m1/s1. The minimum atomic E-state index is -0.137. The van der Waals surface area contributed by atoms with Crippen LogP contribution in [0.3, 0.4) is 0 Å². The van der Waals surface area contributed by atoms with E-state index in [1.807, 2.05) is 55.6 Å². The molecule has 6 nitrogen and oxygen atoms in total. The Kier molecular flexibility index (Phi) is 7.76. The van der Waals surface area contributed by atoms with E-state index in [4.69, 9.17) is 12.2 Å². The summed E-state index contributed by atoms with van der Waals surface area (Å²) in [6.07, 6.45) is 2.13. The molecule has 2 N–H and O–H groups in total. The summed E-state index contributed by atoms with van der Waals surface area (Å²) < 4.78 is 2.36. The van der Waals surface area contributed by atoms with E-state index < -0.39 is 0 Å². The molecule has 1 aliphatic rings. The maximum atomic E-state index is 13.0. The quantitative estimate of drug-likeness (QED) is 0.250. The van der Waals surface area contributed by atoms with Gasteiger partial charge in [0.05, 0.1) is 23.5 Å². The lowest BCUT2D eigenvalue weighted by atomic mass is 9.96. The summed E-state index contributed by atoms with van der Waals surface area (Å²) in [6.45, 7) is 13.3. The zero-order valence-electron chi connectivity index (χ0n) is 24.1. The van der Waals surface area contributed by atoms with Crippen molar-refractivity contribution in [2.24, 2.45) is 0 Å². The van der Waals surface area contributed by atoms with Crippen LogP contribution in [0.15, 0.2) is 66.9 Å². The van der Waals surface area contributed by atoms with Gasteiger partial charge in [0, 0.05) is 36.2 Å². The average molecular weight is 552 g/mol. The van der Waals surface area contributed by atoms with E-state index in [1.165, 1.54) is 33.6 Å². The van der Waals surface area contributed by atoms with Crippen LogP contribution in [0.2, 0.25) is 0 Å². The number of aryl methyl sites for hydroxylation is 5. The second-order valence-electron chi connectivity index (χ2n) is 10.8. The molecule has 3 heterocycles. The largest absolute Gasteiger partial charge is 0.352 e. The molecule has 0 aliphatic carbocycles. The molecule has 7 heteroatoms. The van der Waals surface area contributed by atoms with Gasteiger partial charge in [0.25, 0.3) is 0 Å². The van der Waals surface area contributed by atoms with Gasteiger partial charge in [-0.3, -0.25) is 9.78 Å². The number of hydrogen-bond donors (Lipinski definition) is 2. The lowest BCUT2D eigenvalue weighted by Gasteiger charge is -2.28. The number of aromatic nitrogens is 2. The molecule has 1 saturated heterocycles. The first-order valence-corrected chi connectivity index (χ1v) is 14.2. The van der Waals surface area contributed by atoms with E-state index in [1.54, 1.807) is 0 Å². The fourth-order valence-electron chi connectivity index (χ4n) is 6.09. The lowest BCUT2D eigenvalue weighted by molar-refractivity contribution is -0.116. The summed E-state index contributed by atoms with van der Waals surface area (Å²) in [6, 6.07) is 20.3. The number of benzene rings is 2. The number of nitrogens with one attached hydrogen (secondary N) is 2. The molecule has 5 rings (SSSR count). The smallest absolute Gasteiger partial charge is 0.226 e. The Morgan fingerprint density at radius 3 is 2.33 bits per heavy atom. The van der Waals surface area contributed by atoms with Crippen LogP contribution in [-0.2, 0) is 4.79 Å². The number of rotatable bonds is 7. The number of carbonyl (C=O) groups excluding carboxylic acids is 1. The summed E-state index contributed by atoms with van der Waals surface area (Å²) in [5.41, 5.74) is 11.3. The van der Waals surface area contributed by atoms with Gasteiger partial charge in [0.1, 0.15) is 0 Å². The SMILES string of the molecule is Cc1cc(C)c(-n2c(C)cc([C@@H]3[C@@H](c4ccccn4)NC(=S)N3CCC(=O)Nc3ccccc3C)c2C)c(C)c1. The van der Waals surface area contributed by atoms with Crippen LogP contribution >= 0.6 is 12.2 Å². The van der Waals surface area contributed by atoms with Crippen molar-refractivity contribution in [2.45, 2.75) is 60.0 Å². The molecule has 1 amide bonds. The van der Waals surface area contributed by atoms with E-state index in [0.717, 1.165) is 22.6 Å². The summed E-state index contributed by atoms with van der Waals surface area (Å²) in [5, 5.41) is 7.23. The second kappa shape index (κ2) is 11.3. The van der Waals surface area contributed by atoms with Crippen LogP contribution in [0.25, 0.3) is 5.69 Å². The lowest BCUT2D eigenvalue weighted by Crippen LogP contribution is -2.33. The van der Waals surface area contributed by atoms with Gasteiger partial charge in [-0.2, -0.15) is 0 Å². The molecule has 2 aromatic carbocycles. The van der Waals surface area contributed by atoms with Crippen molar-refractivity contribution in [3.8, 4) is 5.69 Å². The van der Waals surface area contributed by atoms with Crippen LogP contribution in [0.1, 0.15) is 63.4 Å². The molecule has 206 valence electrons. The van der Waals surface area contributed by atoms with Crippen LogP contribution in [0.5, 0.6) is 0 Å². The van der Waals surface area contributed by atoms with Crippen LogP contribution in [0.4, 0.5) is 5.69 Å². The number of thiocarbonyl (C=S) groups is 1. The van der Waals surface area contributed by atoms with Crippen molar-refractivity contribution in [1.82, 2.24) is 19.8 Å². The fraction of sp³-hybridized carbons (Fsp3) is 0.303. The van der Waals surface area contributed by atoms with Crippen molar-refractivity contribution in [3.05, 3.63) is 112 Å². The van der Waals surface area contributed by atoms with Crippen molar-refractivity contribution >= 4 is 28.9 Å². The monoisotopic (exact) mass is 551 g/mol. The van der Waals surface area contributed by atoms with Crippen molar-refractivity contribution in [1.29, 1.82) is 0 Å². The highest BCUT2D eigenvalue weighted by molar-refractivity contribution is 7.80. The molecular weight excluding hydrogens is 514 g/mol. The minimum Gasteiger partial charge on any atom is -0.352 e. The second-order valence-corrected chi connectivity index (χ2v) is 11.2. The predicted molar refractivity (Wildman–Crippen MR) is 166 cm³/mol. The maximum absolute atomic E-state index is 13.0. The number of carbonyl (C=O) groups is 1. The minimum absolute atomic E-state index is 0.0338. The maximum Gasteiger partial charge on any atom is 0.226 e. The molecule has 2 aromatic heterocycles. The van der Waals surface area contributed by atoms with Crippen LogP contribution < -0.4 is 10.6 Å². The van der Waals surface area contributed by atoms with Gasteiger partial charge in [-0.25, -0.2) is 0 Å². The zero-order valence-corrected chi connectivity index (χ0v) is 24.9. The Hall–Kier alpha value is -3.97. The topological polar surface area (TPSA) is 62.2 Å².